The van der Waals surface area contributed by atoms with Gasteiger partial charge in [-0.25, -0.2) is 0 Å². The van der Waals surface area contributed by atoms with E-state index >= 15 is 0 Å². The lowest BCUT2D eigenvalue weighted by atomic mass is 10.1. The number of nitrogens with one attached hydrogen (secondary N) is 1. The summed E-state index contributed by atoms with van der Waals surface area (Å²) in [6.07, 6.45) is 5.94. The second kappa shape index (κ2) is 7.15. The number of hydrogen-bond donors (Lipinski definition) is 2. The van der Waals surface area contributed by atoms with E-state index in [0.717, 1.165) is 37.3 Å². The Morgan fingerprint density at radius 3 is 2.74 bits per heavy atom. The van der Waals surface area contributed by atoms with Crippen LogP contribution in [0.2, 0.25) is 0 Å². The van der Waals surface area contributed by atoms with Gasteiger partial charge in [0, 0.05) is 19.2 Å². The Labute approximate surface area is 135 Å². The summed E-state index contributed by atoms with van der Waals surface area (Å²) in [6.45, 7) is 1.58. The molecule has 1 aliphatic heterocycles. The van der Waals surface area contributed by atoms with E-state index in [4.69, 9.17) is 4.42 Å². The molecule has 0 radical (unpaired) electrons. The molecule has 1 saturated heterocycles. The SMILES string of the molecule is O=C(/C=C/c1ccco1)Nc1ccccc1N1CCC(O)CC1. The number of carbonyl (C=O) groups is 1. The lowest BCUT2D eigenvalue weighted by molar-refractivity contribution is -0.111. The molecular weight excluding hydrogens is 292 g/mol. The minimum absolute atomic E-state index is 0.203. The third-order valence-corrected chi connectivity index (χ3v) is 3.91. The second-order valence-corrected chi connectivity index (χ2v) is 5.57. The number of para-hydroxylation sites is 2. The van der Waals surface area contributed by atoms with Crippen LogP contribution in [0.3, 0.4) is 0 Å². The molecule has 2 aromatic rings. The minimum Gasteiger partial charge on any atom is -0.465 e. The van der Waals surface area contributed by atoms with Crippen LogP contribution in [0, 0.1) is 0 Å². The molecule has 0 atom stereocenters. The zero-order chi connectivity index (χ0) is 16.1. The number of anilines is 2. The number of piperidine rings is 1. The Morgan fingerprint density at radius 2 is 2.00 bits per heavy atom. The summed E-state index contributed by atoms with van der Waals surface area (Å²) in [4.78, 5) is 14.3. The van der Waals surface area contributed by atoms with Crippen LogP contribution in [0.5, 0.6) is 0 Å². The number of rotatable bonds is 4. The van der Waals surface area contributed by atoms with Gasteiger partial charge in [0.15, 0.2) is 0 Å². The molecule has 23 heavy (non-hydrogen) atoms. The smallest absolute Gasteiger partial charge is 0.248 e. The number of nitrogens with zero attached hydrogens (tertiary/aromatic N) is 1. The molecule has 3 rings (SSSR count). The molecule has 0 spiro atoms. The number of benzene rings is 1. The first-order valence-corrected chi connectivity index (χ1v) is 7.77. The molecule has 1 aliphatic rings. The van der Waals surface area contributed by atoms with Gasteiger partial charge in [-0.2, -0.15) is 0 Å². The van der Waals surface area contributed by atoms with Gasteiger partial charge in [0.05, 0.1) is 23.7 Å². The highest BCUT2D eigenvalue weighted by Gasteiger charge is 2.19. The Hall–Kier alpha value is -2.53. The van der Waals surface area contributed by atoms with Crippen molar-refractivity contribution < 1.29 is 14.3 Å². The summed E-state index contributed by atoms with van der Waals surface area (Å²) in [6, 6.07) is 11.3. The molecule has 0 bridgehead atoms. The van der Waals surface area contributed by atoms with Crippen molar-refractivity contribution in [1.29, 1.82) is 0 Å². The van der Waals surface area contributed by atoms with Crippen LogP contribution in [0.15, 0.2) is 53.2 Å². The normalized spacial score (nSPS) is 16.0. The van der Waals surface area contributed by atoms with E-state index in [0.29, 0.717) is 5.76 Å². The van der Waals surface area contributed by atoms with Crippen molar-refractivity contribution in [2.24, 2.45) is 0 Å². The van der Waals surface area contributed by atoms with Gasteiger partial charge in [0.2, 0.25) is 5.91 Å². The summed E-state index contributed by atoms with van der Waals surface area (Å²) in [5, 5.41) is 12.5. The average Bonchev–Trinajstić information content (AvgIpc) is 3.08. The molecule has 1 aromatic heterocycles. The van der Waals surface area contributed by atoms with Crippen molar-refractivity contribution in [1.82, 2.24) is 0 Å². The molecule has 5 heteroatoms. The standard InChI is InChI=1S/C18H20N2O3/c21-14-9-11-20(12-10-14)17-6-2-1-5-16(17)19-18(22)8-7-15-4-3-13-23-15/h1-8,13-14,21H,9-12H2,(H,19,22)/b8-7+. The van der Waals surface area contributed by atoms with E-state index in [1.54, 1.807) is 24.5 Å². The second-order valence-electron chi connectivity index (χ2n) is 5.57. The third kappa shape index (κ3) is 4.02. The first kappa shape index (κ1) is 15.4. The Kier molecular flexibility index (Phi) is 4.78. The molecular formula is C18H20N2O3. The van der Waals surface area contributed by atoms with Gasteiger partial charge >= 0.3 is 0 Å². The first-order valence-electron chi connectivity index (χ1n) is 7.77. The Morgan fingerprint density at radius 1 is 1.22 bits per heavy atom. The molecule has 0 saturated carbocycles. The summed E-state index contributed by atoms with van der Waals surface area (Å²) in [7, 11) is 0. The van der Waals surface area contributed by atoms with E-state index in [1.165, 1.54) is 6.08 Å². The van der Waals surface area contributed by atoms with Crippen molar-refractivity contribution in [3.63, 3.8) is 0 Å². The zero-order valence-corrected chi connectivity index (χ0v) is 12.8. The summed E-state index contributed by atoms with van der Waals surface area (Å²) < 4.78 is 5.16. The van der Waals surface area contributed by atoms with Gasteiger partial charge < -0.3 is 19.7 Å². The van der Waals surface area contributed by atoms with Gasteiger partial charge in [-0.05, 0) is 43.2 Å². The molecule has 1 fully saturated rings. The maximum atomic E-state index is 12.1. The molecule has 1 amide bonds. The lowest BCUT2D eigenvalue weighted by Gasteiger charge is -2.32. The van der Waals surface area contributed by atoms with Crippen LogP contribution >= 0.6 is 0 Å². The van der Waals surface area contributed by atoms with E-state index in [9.17, 15) is 9.90 Å². The van der Waals surface area contributed by atoms with Crippen LogP contribution in [0.4, 0.5) is 11.4 Å². The number of hydrogen-bond acceptors (Lipinski definition) is 4. The Bertz CT molecular complexity index is 671. The van der Waals surface area contributed by atoms with Crippen molar-refractivity contribution in [2.75, 3.05) is 23.3 Å². The fraction of sp³-hybridized carbons (Fsp3) is 0.278. The topological polar surface area (TPSA) is 65.7 Å². The maximum absolute atomic E-state index is 12.1. The monoisotopic (exact) mass is 312 g/mol. The fourth-order valence-corrected chi connectivity index (χ4v) is 2.68. The summed E-state index contributed by atoms with van der Waals surface area (Å²) >= 11 is 0. The Balaban J connectivity index is 1.69. The highest BCUT2D eigenvalue weighted by atomic mass is 16.3. The van der Waals surface area contributed by atoms with Gasteiger partial charge in [-0.15, -0.1) is 0 Å². The molecule has 0 unspecified atom stereocenters. The van der Waals surface area contributed by atoms with Crippen LogP contribution in [0.1, 0.15) is 18.6 Å². The van der Waals surface area contributed by atoms with Crippen LogP contribution in [-0.4, -0.2) is 30.2 Å². The van der Waals surface area contributed by atoms with Crippen molar-refractivity contribution in [3.8, 4) is 0 Å². The van der Waals surface area contributed by atoms with Crippen molar-refractivity contribution in [3.05, 3.63) is 54.5 Å². The third-order valence-electron chi connectivity index (χ3n) is 3.91. The van der Waals surface area contributed by atoms with Crippen LogP contribution in [-0.2, 0) is 4.79 Å². The summed E-state index contributed by atoms with van der Waals surface area (Å²) in [5.41, 5.74) is 1.76. The quantitative estimate of drug-likeness (QED) is 0.852. The van der Waals surface area contributed by atoms with Crippen molar-refractivity contribution >= 4 is 23.4 Å². The van der Waals surface area contributed by atoms with Crippen molar-refractivity contribution in [2.45, 2.75) is 18.9 Å². The molecule has 1 aromatic carbocycles. The summed E-state index contributed by atoms with van der Waals surface area (Å²) in [5.74, 6) is 0.435. The molecule has 2 N–H and O–H groups in total. The van der Waals surface area contributed by atoms with E-state index in [-0.39, 0.29) is 12.0 Å². The maximum Gasteiger partial charge on any atom is 0.248 e. The fourth-order valence-electron chi connectivity index (χ4n) is 2.68. The predicted octanol–water partition coefficient (Wildman–Crippen LogP) is 2.89. The van der Waals surface area contributed by atoms with Gasteiger partial charge in [0.25, 0.3) is 0 Å². The minimum atomic E-state index is -0.218. The molecule has 120 valence electrons. The molecule has 0 aliphatic carbocycles. The van der Waals surface area contributed by atoms with Gasteiger partial charge in [0.1, 0.15) is 5.76 Å². The number of carbonyl (C=O) groups excluding carboxylic acids is 1. The van der Waals surface area contributed by atoms with E-state index < -0.39 is 0 Å². The zero-order valence-electron chi connectivity index (χ0n) is 12.8. The number of aliphatic hydroxyl groups is 1. The number of aliphatic hydroxyl groups excluding tert-OH is 1. The number of amides is 1. The van der Waals surface area contributed by atoms with E-state index in [2.05, 4.69) is 10.2 Å². The highest BCUT2D eigenvalue weighted by molar-refractivity contribution is 6.03. The largest absolute Gasteiger partial charge is 0.465 e. The lowest BCUT2D eigenvalue weighted by Crippen LogP contribution is -2.36. The van der Waals surface area contributed by atoms with E-state index in [1.807, 2.05) is 24.3 Å². The highest BCUT2D eigenvalue weighted by Crippen LogP contribution is 2.28. The first-order chi connectivity index (χ1) is 11.2. The van der Waals surface area contributed by atoms with Crippen LogP contribution < -0.4 is 10.2 Å². The van der Waals surface area contributed by atoms with Gasteiger partial charge in [-0.1, -0.05) is 12.1 Å². The predicted molar refractivity (Wildman–Crippen MR) is 90.3 cm³/mol. The number of furan rings is 1. The van der Waals surface area contributed by atoms with Crippen LogP contribution in [0.25, 0.3) is 6.08 Å². The molecule has 5 nitrogen and oxygen atoms in total. The van der Waals surface area contributed by atoms with Gasteiger partial charge in [-0.3, -0.25) is 4.79 Å². The molecule has 2 heterocycles. The average molecular weight is 312 g/mol.